The molecule has 3 heterocycles. The molecule has 0 fully saturated rings. The summed E-state index contributed by atoms with van der Waals surface area (Å²) >= 11 is 0. The quantitative estimate of drug-likeness (QED) is 0.470. The summed E-state index contributed by atoms with van der Waals surface area (Å²) in [5.74, 6) is 0. The van der Waals surface area contributed by atoms with Crippen LogP contribution in [-0.4, -0.2) is 20.2 Å². The van der Waals surface area contributed by atoms with Crippen molar-refractivity contribution in [3.05, 3.63) is 40.7 Å². The first kappa shape index (κ1) is 9.29. The largest absolute Gasteiger partial charge is 0.418 e. The minimum Gasteiger partial charge on any atom is -0.418 e. The van der Waals surface area contributed by atoms with Crippen LogP contribution in [0.5, 0.6) is 0 Å². The summed E-state index contributed by atoms with van der Waals surface area (Å²) in [6, 6.07) is 7.33. The van der Waals surface area contributed by atoms with Crippen molar-refractivity contribution in [1.82, 2.24) is 20.2 Å². The van der Waals surface area contributed by atoms with Crippen molar-refractivity contribution < 1.29 is 4.42 Å². The molecule has 0 aliphatic heterocycles. The van der Waals surface area contributed by atoms with E-state index in [1.165, 1.54) is 6.20 Å². The first-order chi connectivity index (χ1) is 8.83. The smallest absolute Gasteiger partial charge is 0.251 e. The minimum atomic E-state index is -0.224. The lowest BCUT2D eigenvalue weighted by molar-refractivity contribution is 0.628. The molecule has 0 saturated carbocycles. The molecule has 6 nitrogen and oxygen atoms in total. The first-order valence-electron chi connectivity index (χ1n) is 5.35. The molecule has 0 aliphatic rings. The second kappa shape index (κ2) is 3.13. The Labute approximate surface area is 99.3 Å². The Bertz CT molecular complexity index is 954. The third-order valence-electron chi connectivity index (χ3n) is 2.80. The van der Waals surface area contributed by atoms with Gasteiger partial charge in [-0.15, -0.1) is 0 Å². The molecule has 0 saturated heterocycles. The number of benzene rings is 1. The number of nitrogens with zero attached hydrogens (tertiary/aromatic N) is 3. The number of aromatic nitrogens is 4. The molecule has 4 rings (SSSR count). The van der Waals surface area contributed by atoms with E-state index >= 15 is 0 Å². The van der Waals surface area contributed by atoms with Gasteiger partial charge in [-0.2, -0.15) is 5.10 Å². The molecule has 0 bridgehead atoms. The van der Waals surface area contributed by atoms with Gasteiger partial charge >= 0.3 is 0 Å². The molecule has 3 aromatic heterocycles. The van der Waals surface area contributed by atoms with Crippen LogP contribution in [0.2, 0.25) is 0 Å². The van der Waals surface area contributed by atoms with Crippen LogP contribution in [0, 0.1) is 0 Å². The Hall–Kier alpha value is -2.76. The zero-order chi connectivity index (χ0) is 12.1. The van der Waals surface area contributed by atoms with Crippen molar-refractivity contribution in [3.63, 3.8) is 0 Å². The molecular formula is C12H6N4O2. The van der Waals surface area contributed by atoms with Crippen molar-refractivity contribution in [1.29, 1.82) is 0 Å². The molecule has 0 amide bonds. The van der Waals surface area contributed by atoms with Crippen LogP contribution in [0.25, 0.3) is 33.4 Å². The van der Waals surface area contributed by atoms with Gasteiger partial charge in [-0.05, 0) is 12.1 Å². The van der Waals surface area contributed by atoms with Gasteiger partial charge in [-0.1, -0.05) is 12.1 Å². The predicted molar refractivity (Wildman–Crippen MR) is 65.2 cm³/mol. The number of hydrogen-bond acceptors (Lipinski definition) is 5. The number of nitrogens with one attached hydrogen (secondary N) is 1. The van der Waals surface area contributed by atoms with E-state index in [9.17, 15) is 4.79 Å². The Morgan fingerprint density at radius 2 is 1.89 bits per heavy atom. The maximum atomic E-state index is 12.2. The van der Waals surface area contributed by atoms with Gasteiger partial charge in [-0.25, -0.2) is 15.1 Å². The third kappa shape index (κ3) is 1.11. The zero-order valence-electron chi connectivity index (χ0n) is 9.04. The standard InChI is InChI=1S/C12H6N4O2/c17-10-6-5-13-16-11(6)18-12-9(10)14-7-3-1-2-4-8(7)15-12/h1-5H,(H,13,16). The lowest BCUT2D eigenvalue weighted by atomic mass is 10.3. The van der Waals surface area contributed by atoms with Crippen molar-refractivity contribution in [2.24, 2.45) is 0 Å². The average molecular weight is 238 g/mol. The molecule has 1 aromatic carbocycles. The van der Waals surface area contributed by atoms with Crippen LogP contribution in [-0.2, 0) is 0 Å². The fourth-order valence-electron chi connectivity index (χ4n) is 1.94. The van der Waals surface area contributed by atoms with Gasteiger partial charge in [-0.3, -0.25) is 4.79 Å². The van der Waals surface area contributed by atoms with Gasteiger partial charge in [0.2, 0.25) is 11.1 Å². The molecule has 1 N–H and O–H groups in total. The number of fused-ring (bicyclic) bond motifs is 3. The maximum absolute atomic E-state index is 12.2. The summed E-state index contributed by atoms with van der Waals surface area (Å²) in [5.41, 5.74) is 1.89. The first-order valence-corrected chi connectivity index (χ1v) is 5.35. The van der Waals surface area contributed by atoms with E-state index in [2.05, 4.69) is 20.2 Å². The Kier molecular flexibility index (Phi) is 1.62. The Morgan fingerprint density at radius 3 is 2.72 bits per heavy atom. The molecule has 6 heteroatoms. The van der Waals surface area contributed by atoms with Crippen LogP contribution in [0.3, 0.4) is 0 Å². The van der Waals surface area contributed by atoms with E-state index in [1.807, 2.05) is 18.2 Å². The summed E-state index contributed by atoms with van der Waals surface area (Å²) in [6.45, 7) is 0. The summed E-state index contributed by atoms with van der Waals surface area (Å²) in [6.07, 6.45) is 1.43. The molecule has 0 radical (unpaired) electrons. The highest BCUT2D eigenvalue weighted by Gasteiger charge is 2.12. The van der Waals surface area contributed by atoms with Crippen molar-refractivity contribution >= 4 is 33.4 Å². The van der Waals surface area contributed by atoms with Gasteiger partial charge in [0.05, 0.1) is 17.2 Å². The number of hydrogen-bond donors (Lipinski definition) is 1. The van der Waals surface area contributed by atoms with Gasteiger partial charge in [0.25, 0.3) is 5.71 Å². The lowest BCUT2D eigenvalue weighted by Gasteiger charge is -1.99. The summed E-state index contributed by atoms with van der Waals surface area (Å²) in [5, 5.41) is 6.78. The van der Waals surface area contributed by atoms with E-state index < -0.39 is 0 Å². The summed E-state index contributed by atoms with van der Waals surface area (Å²) < 4.78 is 5.48. The minimum absolute atomic E-state index is 0.218. The van der Waals surface area contributed by atoms with Crippen molar-refractivity contribution in [2.45, 2.75) is 0 Å². The molecule has 0 unspecified atom stereocenters. The van der Waals surface area contributed by atoms with Crippen LogP contribution in [0.1, 0.15) is 0 Å². The predicted octanol–water partition coefficient (Wildman–Crippen LogP) is 1.61. The van der Waals surface area contributed by atoms with Crippen LogP contribution < -0.4 is 5.43 Å². The van der Waals surface area contributed by atoms with E-state index in [-0.39, 0.29) is 16.7 Å². The van der Waals surface area contributed by atoms with Gasteiger partial charge in [0, 0.05) is 0 Å². The SMILES string of the molecule is O=c1c2cn[nH]c2oc2nc3ccccc3nc12. The van der Waals surface area contributed by atoms with E-state index in [4.69, 9.17) is 4.42 Å². The van der Waals surface area contributed by atoms with Crippen LogP contribution in [0.4, 0.5) is 0 Å². The molecular weight excluding hydrogens is 232 g/mol. The molecule has 18 heavy (non-hydrogen) atoms. The van der Waals surface area contributed by atoms with Crippen molar-refractivity contribution in [2.75, 3.05) is 0 Å². The Morgan fingerprint density at radius 1 is 1.11 bits per heavy atom. The van der Waals surface area contributed by atoms with Gasteiger partial charge < -0.3 is 4.42 Å². The van der Waals surface area contributed by atoms with Gasteiger partial charge in [0.1, 0.15) is 5.39 Å². The highest BCUT2D eigenvalue weighted by molar-refractivity contribution is 5.88. The molecule has 86 valence electrons. The summed E-state index contributed by atoms with van der Waals surface area (Å²) in [4.78, 5) is 20.8. The average Bonchev–Trinajstić information content (AvgIpc) is 2.86. The fourth-order valence-corrected chi connectivity index (χ4v) is 1.94. The maximum Gasteiger partial charge on any atom is 0.251 e. The van der Waals surface area contributed by atoms with Crippen LogP contribution in [0.15, 0.2) is 39.7 Å². The van der Waals surface area contributed by atoms with Crippen LogP contribution >= 0.6 is 0 Å². The van der Waals surface area contributed by atoms with E-state index in [0.29, 0.717) is 22.1 Å². The number of para-hydroxylation sites is 2. The second-order valence-electron chi connectivity index (χ2n) is 3.91. The number of rotatable bonds is 0. The van der Waals surface area contributed by atoms with Crippen molar-refractivity contribution in [3.8, 4) is 0 Å². The van der Waals surface area contributed by atoms with E-state index in [0.717, 1.165) is 0 Å². The van der Waals surface area contributed by atoms with E-state index in [1.54, 1.807) is 6.07 Å². The fraction of sp³-hybridized carbons (Fsp3) is 0. The number of aromatic amines is 1. The normalized spacial score (nSPS) is 11.6. The third-order valence-corrected chi connectivity index (χ3v) is 2.80. The molecule has 0 spiro atoms. The summed E-state index contributed by atoms with van der Waals surface area (Å²) in [7, 11) is 0. The molecule has 4 aromatic rings. The molecule has 0 atom stereocenters. The monoisotopic (exact) mass is 238 g/mol. The lowest BCUT2D eigenvalue weighted by Crippen LogP contribution is -2.04. The Balaban J connectivity index is 2.32. The zero-order valence-corrected chi connectivity index (χ0v) is 9.04. The van der Waals surface area contributed by atoms with Gasteiger partial charge in [0.15, 0.2) is 5.52 Å². The molecule has 0 aliphatic carbocycles. The highest BCUT2D eigenvalue weighted by Crippen LogP contribution is 2.16. The highest BCUT2D eigenvalue weighted by atomic mass is 16.3. The second-order valence-corrected chi connectivity index (χ2v) is 3.91. The topological polar surface area (TPSA) is 84.7 Å². The number of H-pyrrole nitrogens is 1.